The summed E-state index contributed by atoms with van der Waals surface area (Å²) in [6.07, 6.45) is 11.2. The van der Waals surface area contributed by atoms with Gasteiger partial charge in [-0.25, -0.2) is 0 Å². The Bertz CT molecular complexity index is 221. The molecule has 1 aliphatic carbocycles. The smallest absolute Gasteiger partial charge is 0.00978 e. The van der Waals surface area contributed by atoms with Gasteiger partial charge in [0.1, 0.15) is 0 Å². The summed E-state index contributed by atoms with van der Waals surface area (Å²) in [6.45, 7) is 8.59. The van der Waals surface area contributed by atoms with Gasteiger partial charge in [0.15, 0.2) is 0 Å². The van der Waals surface area contributed by atoms with Crippen LogP contribution in [-0.2, 0) is 0 Å². The molecule has 2 nitrogen and oxygen atoms in total. The Morgan fingerprint density at radius 2 is 1.72 bits per heavy atom. The Morgan fingerprint density at radius 3 is 2.39 bits per heavy atom. The van der Waals surface area contributed by atoms with Crippen molar-refractivity contribution >= 4 is 0 Å². The van der Waals surface area contributed by atoms with Crippen molar-refractivity contribution in [2.75, 3.05) is 19.6 Å². The third kappa shape index (κ3) is 3.96. The quantitative estimate of drug-likeness (QED) is 0.806. The molecule has 1 saturated heterocycles. The minimum absolute atomic E-state index is 0.801. The zero-order valence-electron chi connectivity index (χ0n) is 12.5. The van der Waals surface area contributed by atoms with E-state index in [0.717, 1.165) is 18.0 Å². The molecule has 1 heterocycles. The van der Waals surface area contributed by atoms with Gasteiger partial charge in [-0.15, -0.1) is 0 Å². The second kappa shape index (κ2) is 7.49. The van der Waals surface area contributed by atoms with Crippen molar-refractivity contribution in [2.24, 2.45) is 5.92 Å². The molecule has 2 heteroatoms. The van der Waals surface area contributed by atoms with Crippen LogP contribution in [0.3, 0.4) is 0 Å². The van der Waals surface area contributed by atoms with Crippen LogP contribution in [0, 0.1) is 5.92 Å². The fraction of sp³-hybridized carbons (Fsp3) is 1.00. The van der Waals surface area contributed by atoms with Crippen molar-refractivity contribution in [3.63, 3.8) is 0 Å². The molecular weight excluding hydrogens is 220 g/mol. The van der Waals surface area contributed by atoms with E-state index in [0.29, 0.717) is 0 Å². The van der Waals surface area contributed by atoms with Gasteiger partial charge in [0.2, 0.25) is 0 Å². The topological polar surface area (TPSA) is 15.3 Å². The Hall–Kier alpha value is -0.0800. The average Bonchev–Trinajstić information content (AvgIpc) is 2.42. The van der Waals surface area contributed by atoms with E-state index in [2.05, 4.69) is 24.1 Å². The summed E-state index contributed by atoms with van der Waals surface area (Å²) >= 11 is 0. The molecule has 106 valence electrons. The number of likely N-dealkylation sites (tertiary alicyclic amines) is 1. The van der Waals surface area contributed by atoms with E-state index in [1.54, 1.807) is 0 Å². The van der Waals surface area contributed by atoms with Crippen molar-refractivity contribution in [3.05, 3.63) is 0 Å². The van der Waals surface area contributed by atoms with Gasteiger partial charge in [-0.3, -0.25) is 0 Å². The van der Waals surface area contributed by atoms with E-state index in [4.69, 9.17) is 0 Å². The molecule has 0 spiro atoms. The van der Waals surface area contributed by atoms with Crippen LogP contribution in [0.5, 0.6) is 0 Å². The maximum Gasteiger partial charge on any atom is 0.00978 e. The fourth-order valence-electron chi connectivity index (χ4n) is 3.86. The summed E-state index contributed by atoms with van der Waals surface area (Å²) < 4.78 is 0. The molecular formula is C16H32N2. The molecule has 18 heavy (non-hydrogen) atoms. The van der Waals surface area contributed by atoms with Crippen LogP contribution in [-0.4, -0.2) is 36.6 Å². The van der Waals surface area contributed by atoms with Crippen molar-refractivity contribution in [1.82, 2.24) is 10.2 Å². The predicted molar refractivity (Wildman–Crippen MR) is 78.9 cm³/mol. The first kappa shape index (κ1) is 14.3. The number of rotatable bonds is 5. The number of nitrogens with zero attached hydrogens (tertiary/aromatic N) is 1. The van der Waals surface area contributed by atoms with Crippen LogP contribution in [0.15, 0.2) is 0 Å². The van der Waals surface area contributed by atoms with Crippen molar-refractivity contribution < 1.29 is 0 Å². The minimum Gasteiger partial charge on any atom is -0.311 e. The molecule has 0 aromatic carbocycles. The molecule has 1 saturated carbocycles. The van der Waals surface area contributed by atoms with Crippen molar-refractivity contribution in [1.29, 1.82) is 0 Å². The molecule has 2 atom stereocenters. The molecule has 0 aromatic heterocycles. The second-order valence-corrected chi connectivity index (χ2v) is 6.34. The van der Waals surface area contributed by atoms with Crippen molar-refractivity contribution in [3.8, 4) is 0 Å². The first-order valence-electron chi connectivity index (χ1n) is 8.31. The van der Waals surface area contributed by atoms with E-state index in [9.17, 15) is 0 Å². The third-order valence-corrected chi connectivity index (χ3v) is 5.01. The van der Waals surface area contributed by atoms with Crippen LogP contribution >= 0.6 is 0 Å². The standard InChI is InChI=1S/C16H32N2/c1-3-11-18-12-9-15(10-13-18)17-16-8-6-5-7-14(16)4-2/h14-17H,3-13H2,1-2H3. The number of piperidine rings is 1. The van der Waals surface area contributed by atoms with Crippen LogP contribution in [0.1, 0.15) is 65.2 Å². The summed E-state index contributed by atoms with van der Waals surface area (Å²) in [5, 5.41) is 3.99. The van der Waals surface area contributed by atoms with Crippen LogP contribution in [0.25, 0.3) is 0 Å². The highest BCUT2D eigenvalue weighted by Gasteiger charge is 2.27. The highest BCUT2D eigenvalue weighted by atomic mass is 15.1. The van der Waals surface area contributed by atoms with Gasteiger partial charge in [-0.1, -0.05) is 33.1 Å². The van der Waals surface area contributed by atoms with Gasteiger partial charge in [0.05, 0.1) is 0 Å². The first-order chi connectivity index (χ1) is 8.83. The summed E-state index contributed by atoms with van der Waals surface area (Å²) in [5.74, 6) is 0.951. The first-order valence-corrected chi connectivity index (χ1v) is 8.31. The van der Waals surface area contributed by atoms with E-state index in [1.165, 1.54) is 71.0 Å². The maximum absolute atomic E-state index is 3.99. The maximum atomic E-state index is 3.99. The van der Waals surface area contributed by atoms with Gasteiger partial charge >= 0.3 is 0 Å². The third-order valence-electron chi connectivity index (χ3n) is 5.01. The average molecular weight is 252 g/mol. The molecule has 0 radical (unpaired) electrons. The normalized spacial score (nSPS) is 31.7. The summed E-state index contributed by atoms with van der Waals surface area (Å²) in [6, 6.07) is 1.63. The van der Waals surface area contributed by atoms with E-state index < -0.39 is 0 Å². The van der Waals surface area contributed by atoms with E-state index in [1.807, 2.05) is 0 Å². The zero-order chi connectivity index (χ0) is 12.8. The van der Waals surface area contributed by atoms with Crippen LogP contribution in [0.2, 0.25) is 0 Å². The van der Waals surface area contributed by atoms with Crippen LogP contribution in [0.4, 0.5) is 0 Å². The summed E-state index contributed by atoms with van der Waals surface area (Å²) in [5.41, 5.74) is 0. The Labute approximate surface area is 114 Å². The molecule has 1 aliphatic heterocycles. The summed E-state index contributed by atoms with van der Waals surface area (Å²) in [7, 11) is 0. The van der Waals surface area contributed by atoms with E-state index >= 15 is 0 Å². The van der Waals surface area contributed by atoms with Gasteiger partial charge < -0.3 is 10.2 Å². The van der Waals surface area contributed by atoms with Gasteiger partial charge in [-0.2, -0.15) is 0 Å². The van der Waals surface area contributed by atoms with E-state index in [-0.39, 0.29) is 0 Å². The lowest BCUT2D eigenvalue weighted by Gasteiger charge is -2.38. The minimum atomic E-state index is 0.801. The molecule has 0 aromatic rings. The zero-order valence-corrected chi connectivity index (χ0v) is 12.5. The fourth-order valence-corrected chi connectivity index (χ4v) is 3.86. The molecule has 1 N–H and O–H groups in total. The Balaban J connectivity index is 1.73. The van der Waals surface area contributed by atoms with Gasteiger partial charge in [-0.05, 0) is 57.7 Å². The highest BCUT2D eigenvalue weighted by Crippen LogP contribution is 2.28. The van der Waals surface area contributed by atoms with Crippen molar-refractivity contribution in [2.45, 2.75) is 77.3 Å². The molecule has 2 fully saturated rings. The summed E-state index contributed by atoms with van der Waals surface area (Å²) in [4.78, 5) is 2.64. The highest BCUT2D eigenvalue weighted by molar-refractivity contribution is 4.85. The molecule has 2 aliphatic rings. The molecule has 0 bridgehead atoms. The Morgan fingerprint density at radius 1 is 1.00 bits per heavy atom. The SMILES string of the molecule is CCCN1CCC(NC2CCCCC2CC)CC1. The monoisotopic (exact) mass is 252 g/mol. The van der Waals surface area contributed by atoms with Gasteiger partial charge in [0.25, 0.3) is 0 Å². The largest absolute Gasteiger partial charge is 0.311 e. The predicted octanol–water partition coefficient (Wildman–Crippen LogP) is 3.42. The lowest BCUT2D eigenvalue weighted by Crippen LogP contribution is -2.49. The number of hydrogen-bond donors (Lipinski definition) is 1. The molecule has 2 unspecified atom stereocenters. The Kier molecular flexibility index (Phi) is 5.97. The number of nitrogens with one attached hydrogen (secondary N) is 1. The lowest BCUT2D eigenvalue weighted by molar-refractivity contribution is 0.166. The molecule has 2 rings (SSSR count). The second-order valence-electron chi connectivity index (χ2n) is 6.34. The lowest BCUT2D eigenvalue weighted by atomic mass is 9.82. The van der Waals surface area contributed by atoms with Gasteiger partial charge in [0, 0.05) is 12.1 Å². The van der Waals surface area contributed by atoms with Crippen LogP contribution < -0.4 is 5.32 Å². The number of hydrogen-bond acceptors (Lipinski definition) is 2. The molecule has 0 amide bonds.